The van der Waals surface area contributed by atoms with Crippen molar-refractivity contribution >= 4 is 22.5 Å². The zero-order valence-electron chi connectivity index (χ0n) is 13.6. The Bertz CT molecular complexity index is 943. The number of halogens is 1. The maximum Gasteiger partial charge on any atom is 0.255 e. The fraction of sp³-hybridized carbons (Fsp3) is 0.150. The number of benzene rings is 2. The predicted octanol–water partition coefficient (Wildman–Crippen LogP) is 4.15. The molecule has 25 heavy (non-hydrogen) atoms. The van der Waals surface area contributed by atoms with E-state index in [-0.39, 0.29) is 17.8 Å². The normalized spacial score (nSPS) is 16.9. The summed E-state index contributed by atoms with van der Waals surface area (Å²) < 4.78 is 13.0. The number of rotatable bonds is 3. The number of nitrogens with one attached hydrogen (secondary N) is 3. The van der Waals surface area contributed by atoms with Crippen LogP contribution in [-0.2, 0) is 0 Å². The van der Waals surface area contributed by atoms with E-state index in [1.54, 1.807) is 0 Å². The van der Waals surface area contributed by atoms with E-state index in [9.17, 15) is 9.18 Å². The van der Waals surface area contributed by atoms with Gasteiger partial charge < -0.3 is 15.6 Å². The van der Waals surface area contributed by atoms with Crippen LogP contribution in [0.1, 0.15) is 28.4 Å². The molecule has 1 aromatic heterocycles. The number of aromatic amines is 1. The number of carbonyl (C=O) groups is 1. The Labute approximate surface area is 144 Å². The third kappa shape index (κ3) is 3.19. The second kappa shape index (κ2) is 6.53. The van der Waals surface area contributed by atoms with Gasteiger partial charge in [0.15, 0.2) is 0 Å². The topological polar surface area (TPSA) is 56.9 Å². The highest BCUT2D eigenvalue weighted by Crippen LogP contribution is 2.29. The molecule has 2 aromatic carbocycles. The number of H-pyrrole nitrogens is 1. The molecule has 4 nitrogen and oxygen atoms in total. The summed E-state index contributed by atoms with van der Waals surface area (Å²) >= 11 is 0. The van der Waals surface area contributed by atoms with E-state index in [2.05, 4.69) is 27.8 Å². The van der Waals surface area contributed by atoms with Crippen molar-refractivity contribution in [3.05, 3.63) is 77.8 Å². The molecule has 0 bridgehead atoms. The van der Waals surface area contributed by atoms with Crippen LogP contribution in [-0.4, -0.2) is 17.4 Å². The van der Waals surface area contributed by atoms with Crippen LogP contribution in [0.3, 0.4) is 0 Å². The van der Waals surface area contributed by atoms with Gasteiger partial charge in [0, 0.05) is 40.9 Å². The van der Waals surface area contributed by atoms with E-state index in [1.807, 2.05) is 24.4 Å². The molecule has 0 radical (unpaired) electrons. The summed E-state index contributed by atoms with van der Waals surface area (Å²) in [7, 11) is 0. The van der Waals surface area contributed by atoms with Crippen LogP contribution in [0.5, 0.6) is 0 Å². The molecule has 1 aliphatic rings. The molecular formula is C20H18FN3O. The van der Waals surface area contributed by atoms with Crippen molar-refractivity contribution in [1.82, 2.24) is 10.3 Å². The van der Waals surface area contributed by atoms with Crippen LogP contribution >= 0.6 is 0 Å². The van der Waals surface area contributed by atoms with Crippen LogP contribution in [0.2, 0.25) is 0 Å². The molecule has 1 amide bonds. The molecule has 0 saturated heterocycles. The van der Waals surface area contributed by atoms with Gasteiger partial charge in [0.05, 0.1) is 0 Å². The molecule has 0 aliphatic carbocycles. The summed E-state index contributed by atoms with van der Waals surface area (Å²) in [6.45, 7) is 0.859. The molecule has 3 N–H and O–H groups in total. The smallest absolute Gasteiger partial charge is 0.255 e. The Hall–Kier alpha value is -2.92. The summed E-state index contributed by atoms with van der Waals surface area (Å²) in [5.74, 6) is -0.612. The summed E-state index contributed by atoms with van der Waals surface area (Å²) in [5, 5.41) is 7.44. The molecule has 4 rings (SSSR count). The number of hydrogen-bond donors (Lipinski definition) is 3. The Kier molecular flexibility index (Phi) is 4.07. The Balaban J connectivity index is 1.61. The van der Waals surface area contributed by atoms with Gasteiger partial charge in [-0.2, -0.15) is 0 Å². The molecule has 5 heteroatoms. The number of aromatic nitrogens is 1. The van der Waals surface area contributed by atoms with Crippen LogP contribution in [0, 0.1) is 5.82 Å². The second-order valence-corrected chi connectivity index (χ2v) is 6.13. The van der Waals surface area contributed by atoms with E-state index >= 15 is 0 Å². The molecule has 1 atom stereocenters. The van der Waals surface area contributed by atoms with Gasteiger partial charge in [0.2, 0.25) is 0 Å². The highest BCUT2D eigenvalue weighted by molar-refractivity contribution is 6.05. The van der Waals surface area contributed by atoms with E-state index in [0.29, 0.717) is 11.3 Å². The molecule has 0 saturated carbocycles. The number of fused-ring (bicyclic) bond motifs is 1. The Morgan fingerprint density at radius 1 is 1.12 bits per heavy atom. The maximum atomic E-state index is 13.0. The van der Waals surface area contributed by atoms with Gasteiger partial charge in [-0.05, 0) is 54.4 Å². The molecule has 1 aliphatic heterocycles. The van der Waals surface area contributed by atoms with Crippen LogP contribution < -0.4 is 10.6 Å². The summed E-state index contributed by atoms with van der Waals surface area (Å²) in [6, 6.07) is 11.6. The summed E-state index contributed by atoms with van der Waals surface area (Å²) in [4.78, 5) is 15.6. The van der Waals surface area contributed by atoms with Crippen LogP contribution in [0.4, 0.5) is 10.1 Å². The summed E-state index contributed by atoms with van der Waals surface area (Å²) in [6.07, 6.45) is 7.27. The lowest BCUT2D eigenvalue weighted by Crippen LogP contribution is -2.23. The average Bonchev–Trinajstić information content (AvgIpc) is 3.06. The third-order valence-corrected chi connectivity index (χ3v) is 4.47. The first-order chi connectivity index (χ1) is 12.2. The minimum Gasteiger partial charge on any atom is -0.361 e. The van der Waals surface area contributed by atoms with Crippen molar-refractivity contribution in [2.45, 2.75) is 12.5 Å². The van der Waals surface area contributed by atoms with Crippen molar-refractivity contribution in [3.8, 4) is 0 Å². The minimum atomic E-state index is -0.357. The third-order valence-electron chi connectivity index (χ3n) is 4.47. The van der Waals surface area contributed by atoms with Gasteiger partial charge in [0.25, 0.3) is 5.91 Å². The van der Waals surface area contributed by atoms with E-state index in [1.165, 1.54) is 29.8 Å². The molecule has 2 heterocycles. The molecule has 0 fully saturated rings. The zero-order valence-corrected chi connectivity index (χ0v) is 13.6. The quantitative estimate of drug-likeness (QED) is 0.630. The van der Waals surface area contributed by atoms with E-state index in [0.717, 1.165) is 23.9 Å². The Morgan fingerprint density at radius 2 is 1.96 bits per heavy atom. The maximum absolute atomic E-state index is 13.0. The van der Waals surface area contributed by atoms with Gasteiger partial charge in [-0.15, -0.1) is 0 Å². The predicted molar refractivity (Wildman–Crippen MR) is 97.2 cm³/mol. The summed E-state index contributed by atoms with van der Waals surface area (Å²) in [5.41, 5.74) is 3.37. The molecular weight excluding hydrogens is 317 g/mol. The van der Waals surface area contributed by atoms with Crippen molar-refractivity contribution < 1.29 is 9.18 Å². The number of carbonyl (C=O) groups excluding carboxylic acids is 1. The zero-order chi connectivity index (χ0) is 17.2. The van der Waals surface area contributed by atoms with Crippen LogP contribution in [0.25, 0.3) is 10.9 Å². The number of anilines is 1. The van der Waals surface area contributed by atoms with Gasteiger partial charge in [-0.25, -0.2) is 4.39 Å². The van der Waals surface area contributed by atoms with E-state index in [4.69, 9.17) is 0 Å². The fourth-order valence-electron chi connectivity index (χ4n) is 3.16. The van der Waals surface area contributed by atoms with Crippen molar-refractivity contribution in [2.24, 2.45) is 0 Å². The minimum absolute atomic E-state index is 0.254. The second-order valence-electron chi connectivity index (χ2n) is 6.13. The first-order valence-electron chi connectivity index (χ1n) is 8.27. The van der Waals surface area contributed by atoms with Crippen molar-refractivity contribution in [1.29, 1.82) is 0 Å². The first kappa shape index (κ1) is 15.6. The van der Waals surface area contributed by atoms with Gasteiger partial charge in [-0.1, -0.05) is 12.2 Å². The highest BCUT2D eigenvalue weighted by Gasteiger charge is 2.16. The largest absolute Gasteiger partial charge is 0.361 e. The molecule has 126 valence electrons. The number of hydrogen-bond acceptors (Lipinski definition) is 2. The SMILES string of the molecule is O=C(Nc1ccc2[nH]cc(C3CC=CCN3)c2c1)c1ccc(F)cc1. The van der Waals surface area contributed by atoms with Gasteiger partial charge in [0.1, 0.15) is 5.82 Å². The first-order valence-corrected chi connectivity index (χ1v) is 8.27. The highest BCUT2D eigenvalue weighted by atomic mass is 19.1. The van der Waals surface area contributed by atoms with Crippen molar-refractivity contribution in [3.63, 3.8) is 0 Å². The molecule has 0 spiro atoms. The van der Waals surface area contributed by atoms with Crippen LogP contribution in [0.15, 0.2) is 60.8 Å². The average molecular weight is 335 g/mol. The standard InChI is InChI=1S/C20H18FN3O/c21-14-6-4-13(5-7-14)20(25)24-15-8-9-19-16(11-15)17(12-23-19)18-3-1-2-10-22-18/h1-2,4-9,11-12,18,22-23H,3,10H2,(H,24,25). The molecule has 3 aromatic rings. The monoisotopic (exact) mass is 335 g/mol. The lowest BCUT2D eigenvalue weighted by atomic mass is 10.0. The Morgan fingerprint density at radius 3 is 2.72 bits per heavy atom. The number of amides is 1. The lowest BCUT2D eigenvalue weighted by molar-refractivity contribution is 0.102. The van der Waals surface area contributed by atoms with Gasteiger partial charge >= 0.3 is 0 Å². The van der Waals surface area contributed by atoms with Crippen molar-refractivity contribution in [2.75, 3.05) is 11.9 Å². The van der Waals surface area contributed by atoms with E-state index < -0.39 is 0 Å². The molecule has 1 unspecified atom stereocenters. The van der Waals surface area contributed by atoms with Gasteiger partial charge in [-0.3, -0.25) is 4.79 Å². The lowest BCUT2D eigenvalue weighted by Gasteiger charge is -2.19. The fourth-order valence-corrected chi connectivity index (χ4v) is 3.16.